The molecule has 0 N–H and O–H groups in total. The Morgan fingerprint density at radius 1 is 0.833 bits per heavy atom. The van der Waals surface area contributed by atoms with Crippen LogP contribution >= 0.6 is 0 Å². The zero-order chi connectivity index (χ0) is 25.9. The zero-order valence-electron chi connectivity index (χ0n) is 19.2. The van der Waals surface area contributed by atoms with Crippen LogP contribution in [0.1, 0.15) is 25.1 Å². The minimum absolute atomic E-state index is 0.0557. The molecular weight excluding hydrogens is 486 g/mol. The third-order valence-electron chi connectivity index (χ3n) is 7.63. The molecule has 1 aromatic heterocycles. The van der Waals surface area contributed by atoms with E-state index in [0.29, 0.717) is 5.56 Å². The van der Waals surface area contributed by atoms with Gasteiger partial charge in [0.05, 0.1) is 16.8 Å². The highest BCUT2D eigenvalue weighted by Gasteiger charge is 2.86. The predicted octanol–water partition coefficient (Wildman–Crippen LogP) is 5.21. The molecule has 4 aliphatic rings. The van der Waals surface area contributed by atoms with Gasteiger partial charge in [-0.05, 0) is 38.1 Å². The second kappa shape index (κ2) is 6.57. The van der Waals surface area contributed by atoms with Gasteiger partial charge in [0.25, 0.3) is 0 Å². The van der Waals surface area contributed by atoms with Crippen molar-refractivity contribution >= 4 is 11.7 Å². The summed E-state index contributed by atoms with van der Waals surface area (Å²) in [5, 5.41) is 0. The van der Waals surface area contributed by atoms with Crippen molar-refractivity contribution in [2.45, 2.75) is 42.7 Å². The van der Waals surface area contributed by atoms with Crippen molar-refractivity contribution in [3.8, 4) is 0 Å². The minimum Gasteiger partial charge on any atom is -0.440 e. The lowest BCUT2D eigenvalue weighted by Crippen LogP contribution is -2.61. The molecule has 5 nitrogen and oxygen atoms in total. The Labute approximate surface area is 201 Å². The highest BCUT2D eigenvalue weighted by molar-refractivity contribution is 6.02. The molecule has 0 bridgehead atoms. The van der Waals surface area contributed by atoms with Crippen LogP contribution in [-0.4, -0.2) is 57.5 Å². The van der Waals surface area contributed by atoms with E-state index in [0.717, 1.165) is 0 Å². The molecule has 0 spiro atoms. The van der Waals surface area contributed by atoms with Crippen LogP contribution in [0.3, 0.4) is 0 Å². The number of alkyl halides is 6. The van der Waals surface area contributed by atoms with Crippen molar-refractivity contribution in [2.24, 2.45) is 9.98 Å². The Hall–Kier alpha value is -3.63. The summed E-state index contributed by atoms with van der Waals surface area (Å²) in [5.41, 5.74) is -6.58. The van der Waals surface area contributed by atoms with Gasteiger partial charge in [-0.25, -0.2) is 9.98 Å². The molecule has 6 rings (SSSR count). The number of aliphatic imine (C=N–C) groups is 2. The number of ether oxygens (including phenoxy) is 1. The monoisotopic (exact) mass is 504 g/mol. The Morgan fingerprint density at radius 2 is 1.47 bits per heavy atom. The van der Waals surface area contributed by atoms with Crippen LogP contribution in [0.2, 0.25) is 0 Å². The van der Waals surface area contributed by atoms with Crippen LogP contribution in [0.5, 0.6) is 0 Å². The molecular formula is C25H18F6N4O. The summed E-state index contributed by atoms with van der Waals surface area (Å²) < 4.78 is 96.4. The maximum atomic E-state index is 15.3. The van der Waals surface area contributed by atoms with Crippen LogP contribution in [0.15, 0.2) is 87.3 Å². The highest BCUT2D eigenvalue weighted by atomic mass is 19.3. The number of aromatic nitrogens is 1. The Balaban J connectivity index is 1.71. The number of amidine groups is 1. The quantitative estimate of drug-likeness (QED) is 0.528. The smallest absolute Gasteiger partial charge is 0.380 e. The fraction of sp³-hybridized carbons (Fsp3) is 0.320. The van der Waals surface area contributed by atoms with E-state index < -0.39 is 51.4 Å². The number of allylic oxidation sites excluding steroid dienone is 2. The normalized spacial score (nSPS) is 31.0. The molecule has 2 unspecified atom stereocenters. The van der Waals surface area contributed by atoms with Crippen molar-refractivity contribution in [1.82, 2.24) is 9.88 Å². The summed E-state index contributed by atoms with van der Waals surface area (Å²) in [7, 11) is 1.51. The predicted molar refractivity (Wildman–Crippen MR) is 118 cm³/mol. The van der Waals surface area contributed by atoms with Crippen molar-refractivity contribution in [1.29, 1.82) is 0 Å². The number of benzene rings is 1. The van der Waals surface area contributed by atoms with E-state index in [9.17, 15) is 8.78 Å². The van der Waals surface area contributed by atoms with Gasteiger partial charge in [0.15, 0.2) is 5.84 Å². The summed E-state index contributed by atoms with van der Waals surface area (Å²) >= 11 is 0. The highest BCUT2D eigenvalue weighted by Crippen LogP contribution is 2.69. The molecule has 1 fully saturated rings. The van der Waals surface area contributed by atoms with E-state index in [1.165, 1.54) is 32.0 Å². The Morgan fingerprint density at radius 3 is 2.11 bits per heavy atom. The molecule has 1 saturated carbocycles. The number of fused-ring (bicyclic) bond motifs is 4. The summed E-state index contributed by atoms with van der Waals surface area (Å²) in [4.78, 5) is 14.5. The van der Waals surface area contributed by atoms with Gasteiger partial charge in [-0.15, -0.1) is 0 Å². The molecule has 186 valence electrons. The van der Waals surface area contributed by atoms with Crippen molar-refractivity contribution < 1.29 is 31.1 Å². The van der Waals surface area contributed by atoms with Crippen LogP contribution in [0.4, 0.5) is 26.3 Å². The molecule has 2 aliphatic heterocycles. The molecule has 11 heteroatoms. The average molecular weight is 504 g/mol. The summed E-state index contributed by atoms with van der Waals surface area (Å²) in [6.45, 7) is 2.86. The van der Waals surface area contributed by atoms with Crippen molar-refractivity contribution in [2.75, 3.05) is 7.05 Å². The van der Waals surface area contributed by atoms with E-state index in [1.807, 2.05) is 0 Å². The summed E-state index contributed by atoms with van der Waals surface area (Å²) in [6, 6.07) is 13.0. The molecule has 2 aliphatic carbocycles. The molecule has 3 heterocycles. The van der Waals surface area contributed by atoms with Gasteiger partial charge in [-0.1, -0.05) is 24.3 Å². The third kappa shape index (κ3) is 2.32. The first kappa shape index (κ1) is 22.8. The topological polar surface area (TPSA) is 50.1 Å². The Bertz CT molecular complexity index is 1430. The van der Waals surface area contributed by atoms with E-state index in [4.69, 9.17) is 4.74 Å². The Kier molecular flexibility index (Phi) is 4.16. The first-order chi connectivity index (χ1) is 16.8. The van der Waals surface area contributed by atoms with Gasteiger partial charge in [-0.2, -0.15) is 26.3 Å². The van der Waals surface area contributed by atoms with Crippen LogP contribution < -0.4 is 0 Å². The molecule has 1 aromatic carbocycles. The van der Waals surface area contributed by atoms with Gasteiger partial charge < -0.3 is 9.64 Å². The SMILES string of the molecule is CN1C(c2ccccn2)=NC2=C3C(=C4OC(c5ccccc5)=NC4(C)C21C)C(F)(F)C(F)(F)C3(F)F. The fourth-order valence-electron chi connectivity index (χ4n) is 5.39. The van der Waals surface area contributed by atoms with Gasteiger partial charge in [0.1, 0.15) is 22.5 Å². The molecule has 36 heavy (non-hydrogen) atoms. The second-order valence-corrected chi connectivity index (χ2v) is 9.39. The summed E-state index contributed by atoms with van der Waals surface area (Å²) in [5.74, 6) is -17.0. The average Bonchev–Trinajstić information content (AvgIpc) is 3.37. The lowest BCUT2D eigenvalue weighted by molar-refractivity contribution is -0.258. The van der Waals surface area contributed by atoms with Gasteiger partial charge in [-0.3, -0.25) is 4.98 Å². The largest absolute Gasteiger partial charge is 0.440 e. The number of halogens is 6. The number of hydrogen-bond donors (Lipinski definition) is 0. The molecule has 0 radical (unpaired) electrons. The number of rotatable bonds is 2. The summed E-state index contributed by atoms with van der Waals surface area (Å²) in [6.07, 6.45) is 1.45. The minimum atomic E-state index is -5.71. The lowest BCUT2D eigenvalue weighted by atomic mass is 9.68. The van der Waals surface area contributed by atoms with Crippen LogP contribution in [0, 0.1) is 0 Å². The van der Waals surface area contributed by atoms with Gasteiger partial charge in [0.2, 0.25) is 5.90 Å². The van der Waals surface area contributed by atoms with Crippen LogP contribution in [-0.2, 0) is 4.74 Å². The third-order valence-corrected chi connectivity index (χ3v) is 7.63. The van der Waals surface area contributed by atoms with Crippen LogP contribution in [0.25, 0.3) is 0 Å². The number of nitrogens with zero attached hydrogens (tertiary/aromatic N) is 4. The van der Waals surface area contributed by atoms with Gasteiger partial charge in [0, 0.05) is 18.8 Å². The zero-order valence-corrected chi connectivity index (χ0v) is 19.2. The van der Waals surface area contributed by atoms with E-state index in [-0.39, 0.29) is 17.4 Å². The molecule has 0 amide bonds. The second-order valence-electron chi connectivity index (χ2n) is 9.39. The molecule has 2 atom stereocenters. The molecule has 2 aromatic rings. The van der Waals surface area contributed by atoms with E-state index in [1.54, 1.807) is 48.5 Å². The number of likely N-dealkylation sites (N-methyl/N-ethyl adjacent to an activating group) is 1. The standard InChI is InChI=1S/C25H18F6N4O/c1-21-18(36-20(34-21)13-9-5-4-6-10-13)16-15(23(26,27)25(30,31)24(16,28)29)17-22(21,2)35(3)19(33-17)14-11-7-8-12-32-14/h4-12H,1-3H3. The number of pyridine rings is 1. The molecule has 0 saturated heterocycles. The van der Waals surface area contributed by atoms with Crippen molar-refractivity contribution in [3.63, 3.8) is 0 Å². The maximum Gasteiger partial charge on any atom is 0.380 e. The van der Waals surface area contributed by atoms with Gasteiger partial charge >= 0.3 is 17.8 Å². The van der Waals surface area contributed by atoms with Crippen molar-refractivity contribution in [3.05, 3.63) is 88.6 Å². The van der Waals surface area contributed by atoms with E-state index >= 15 is 17.6 Å². The van der Waals surface area contributed by atoms with E-state index in [2.05, 4.69) is 15.0 Å². The fourth-order valence-corrected chi connectivity index (χ4v) is 5.39. The lowest BCUT2D eigenvalue weighted by Gasteiger charge is -2.47. The first-order valence-corrected chi connectivity index (χ1v) is 11.0. The first-order valence-electron chi connectivity index (χ1n) is 11.0. The number of hydrogen-bond acceptors (Lipinski definition) is 5. The maximum absolute atomic E-state index is 15.3.